The highest BCUT2D eigenvalue weighted by atomic mass is 35.5. The molecule has 1 aliphatic rings. The molecule has 1 saturated heterocycles. The van der Waals surface area contributed by atoms with Gasteiger partial charge in [0.1, 0.15) is 11.5 Å². The van der Waals surface area contributed by atoms with Crippen molar-refractivity contribution in [3.63, 3.8) is 0 Å². The molecular formula is C19H21ClN2O3S. The maximum Gasteiger partial charge on any atom is 0.320 e. The van der Waals surface area contributed by atoms with Crippen LogP contribution in [0.4, 0.5) is 0 Å². The summed E-state index contributed by atoms with van der Waals surface area (Å²) in [6.07, 6.45) is 0.820. The van der Waals surface area contributed by atoms with Gasteiger partial charge >= 0.3 is 5.97 Å². The second-order valence-electron chi connectivity index (χ2n) is 6.17. The van der Waals surface area contributed by atoms with Crippen LogP contribution >= 0.6 is 22.9 Å². The topological polar surface area (TPSA) is 49.9 Å². The van der Waals surface area contributed by atoms with E-state index in [0.717, 1.165) is 18.5 Å². The van der Waals surface area contributed by atoms with Gasteiger partial charge in [-0.15, -0.1) is 11.3 Å². The number of amides is 1. The Kier molecular flexibility index (Phi) is 6.66. The van der Waals surface area contributed by atoms with E-state index in [4.69, 9.17) is 16.3 Å². The number of ether oxygens (including phenoxy) is 1. The Morgan fingerprint density at radius 2 is 1.88 bits per heavy atom. The van der Waals surface area contributed by atoms with Gasteiger partial charge in [0, 0.05) is 26.2 Å². The van der Waals surface area contributed by atoms with E-state index in [1.165, 1.54) is 11.3 Å². The molecule has 138 valence electrons. The monoisotopic (exact) mass is 392 g/mol. The minimum absolute atomic E-state index is 0.0292. The first-order valence-electron chi connectivity index (χ1n) is 8.57. The quantitative estimate of drug-likeness (QED) is 0.732. The molecule has 2 heterocycles. The summed E-state index contributed by atoms with van der Waals surface area (Å²) < 4.78 is 5.34. The van der Waals surface area contributed by atoms with E-state index in [2.05, 4.69) is 0 Å². The Labute approximate surface area is 162 Å². The number of benzene rings is 1. The molecule has 1 aromatic carbocycles. The molecule has 1 fully saturated rings. The van der Waals surface area contributed by atoms with Gasteiger partial charge in [0.25, 0.3) is 5.91 Å². The van der Waals surface area contributed by atoms with Gasteiger partial charge in [-0.05, 0) is 23.4 Å². The molecule has 1 amide bonds. The zero-order chi connectivity index (χ0) is 18.4. The van der Waals surface area contributed by atoms with Crippen LogP contribution < -0.4 is 0 Å². The summed E-state index contributed by atoms with van der Waals surface area (Å²) in [7, 11) is 0. The van der Waals surface area contributed by atoms with Crippen molar-refractivity contribution in [1.29, 1.82) is 0 Å². The largest absolute Gasteiger partial charge is 0.460 e. The van der Waals surface area contributed by atoms with Crippen molar-refractivity contribution in [2.45, 2.75) is 13.0 Å². The zero-order valence-corrected chi connectivity index (χ0v) is 16.0. The Hall–Kier alpha value is -1.89. The lowest BCUT2D eigenvalue weighted by atomic mass is 10.2. The Morgan fingerprint density at radius 3 is 2.62 bits per heavy atom. The van der Waals surface area contributed by atoms with E-state index in [1.807, 2.05) is 45.5 Å². The average molecular weight is 393 g/mol. The van der Waals surface area contributed by atoms with Gasteiger partial charge in [-0.2, -0.15) is 0 Å². The van der Waals surface area contributed by atoms with Crippen molar-refractivity contribution in [3.05, 3.63) is 57.2 Å². The SMILES string of the molecule is O=C(CN1CCCN(C(=O)c2sccc2Cl)CC1)OCc1ccccc1. The molecule has 0 bridgehead atoms. The van der Waals surface area contributed by atoms with Crippen LogP contribution in [0.3, 0.4) is 0 Å². The van der Waals surface area contributed by atoms with Crippen molar-refractivity contribution in [2.75, 3.05) is 32.7 Å². The average Bonchev–Trinajstić information content (AvgIpc) is 2.94. The molecule has 0 saturated carbocycles. The molecule has 0 radical (unpaired) electrons. The number of hydrogen-bond donors (Lipinski definition) is 0. The number of nitrogens with zero attached hydrogens (tertiary/aromatic N) is 2. The van der Waals surface area contributed by atoms with Gasteiger partial charge < -0.3 is 9.64 Å². The Balaban J connectivity index is 1.47. The third kappa shape index (κ3) is 5.06. The van der Waals surface area contributed by atoms with Crippen LogP contribution in [0, 0.1) is 0 Å². The van der Waals surface area contributed by atoms with Gasteiger partial charge in [-0.3, -0.25) is 14.5 Å². The first-order valence-corrected chi connectivity index (χ1v) is 9.83. The summed E-state index contributed by atoms with van der Waals surface area (Å²) >= 11 is 7.43. The molecule has 1 aliphatic heterocycles. The summed E-state index contributed by atoms with van der Waals surface area (Å²) in [5, 5.41) is 2.33. The highest BCUT2D eigenvalue weighted by Crippen LogP contribution is 2.24. The lowest BCUT2D eigenvalue weighted by molar-refractivity contribution is -0.146. The van der Waals surface area contributed by atoms with Crippen LogP contribution in [0.25, 0.3) is 0 Å². The fraction of sp³-hybridized carbons (Fsp3) is 0.368. The lowest BCUT2D eigenvalue weighted by Crippen LogP contribution is -2.37. The fourth-order valence-electron chi connectivity index (χ4n) is 2.89. The van der Waals surface area contributed by atoms with Gasteiger partial charge in [-0.1, -0.05) is 41.9 Å². The maximum absolute atomic E-state index is 12.6. The number of esters is 1. The Bertz CT molecular complexity index is 750. The van der Waals surface area contributed by atoms with Gasteiger partial charge in [0.05, 0.1) is 11.6 Å². The van der Waals surface area contributed by atoms with Crippen molar-refractivity contribution in [3.8, 4) is 0 Å². The zero-order valence-electron chi connectivity index (χ0n) is 14.4. The second-order valence-corrected chi connectivity index (χ2v) is 7.49. The van der Waals surface area contributed by atoms with Crippen molar-refractivity contribution in [1.82, 2.24) is 9.80 Å². The maximum atomic E-state index is 12.6. The molecule has 26 heavy (non-hydrogen) atoms. The van der Waals surface area contributed by atoms with Gasteiger partial charge in [0.15, 0.2) is 0 Å². The van der Waals surface area contributed by atoms with Crippen LogP contribution in [0.5, 0.6) is 0 Å². The number of rotatable bonds is 5. The summed E-state index contributed by atoms with van der Waals surface area (Å²) in [6, 6.07) is 11.4. The number of carbonyl (C=O) groups excluding carboxylic acids is 2. The molecule has 5 nitrogen and oxygen atoms in total. The van der Waals surface area contributed by atoms with Crippen LogP contribution in [0.2, 0.25) is 5.02 Å². The number of halogens is 1. The van der Waals surface area contributed by atoms with E-state index in [1.54, 1.807) is 6.07 Å². The lowest BCUT2D eigenvalue weighted by Gasteiger charge is -2.21. The molecule has 7 heteroatoms. The summed E-state index contributed by atoms with van der Waals surface area (Å²) in [5.74, 6) is -0.270. The number of hydrogen-bond acceptors (Lipinski definition) is 5. The van der Waals surface area contributed by atoms with Crippen LogP contribution in [0.15, 0.2) is 41.8 Å². The van der Waals surface area contributed by atoms with Crippen LogP contribution in [0.1, 0.15) is 21.7 Å². The van der Waals surface area contributed by atoms with E-state index in [0.29, 0.717) is 29.5 Å². The molecule has 0 atom stereocenters. The van der Waals surface area contributed by atoms with E-state index in [9.17, 15) is 9.59 Å². The first-order chi connectivity index (χ1) is 12.6. The van der Waals surface area contributed by atoms with Crippen LogP contribution in [-0.4, -0.2) is 54.4 Å². The normalized spacial score (nSPS) is 15.5. The molecule has 0 N–H and O–H groups in total. The third-order valence-electron chi connectivity index (χ3n) is 4.28. The van der Waals surface area contributed by atoms with Crippen molar-refractivity contribution < 1.29 is 14.3 Å². The third-order valence-corrected chi connectivity index (χ3v) is 5.61. The Morgan fingerprint density at radius 1 is 1.08 bits per heavy atom. The van der Waals surface area contributed by atoms with Crippen molar-refractivity contribution >= 4 is 34.8 Å². The molecule has 2 aromatic rings. The van der Waals surface area contributed by atoms with E-state index in [-0.39, 0.29) is 25.0 Å². The number of carbonyl (C=O) groups is 2. The smallest absolute Gasteiger partial charge is 0.320 e. The first kappa shape index (κ1) is 18.9. The number of thiophene rings is 1. The summed E-state index contributed by atoms with van der Waals surface area (Å²) in [5.41, 5.74) is 0.973. The fourth-order valence-corrected chi connectivity index (χ4v) is 3.99. The molecular weight excluding hydrogens is 372 g/mol. The molecule has 3 rings (SSSR count). The minimum Gasteiger partial charge on any atom is -0.460 e. The second kappa shape index (κ2) is 9.16. The summed E-state index contributed by atoms with van der Waals surface area (Å²) in [4.78, 5) is 29.1. The summed E-state index contributed by atoms with van der Waals surface area (Å²) in [6.45, 7) is 3.20. The van der Waals surface area contributed by atoms with Crippen molar-refractivity contribution in [2.24, 2.45) is 0 Å². The molecule has 0 spiro atoms. The highest BCUT2D eigenvalue weighted by molar-refractivity contribution is 7.12. The predicted octanol–water partition coefficient (Wildman–Crippen LogP) is 3.29. The van der Waals surface area contributed by atoms with Gasteiger partial charge in [0.2, 0.25) is 0 Å². The van der Waals surface area contributed by atoms with Gasteiger partial charge in [-0.25, -0.2) is 0 Å². The molecule has 0 aliphatic carbocycles. The molecule has 1 aromatic heterocycles. The van der Waals surface area contributed by atoms with Crippen LogP contribution in [-0.2, 0) is 16.1 Å². The highest BCUT2D eigenvalue weighted by Gasteiger charge is 2.23. The molecule has 0 unspecified atom stereocenters. The predicted molar refractivity (Wildman–Crippen MR) is 103 cm³/mol. The standard InChI is InChI=1S/C19H21ClN2O3S/c20-16-7-12-26-18(16)19(24)22-9-4-8-21(10-11-22)13-17(23)25-14-15-5-2-1-3-6-15/h1-3,5-7,12H,4,8-11,13-14H2. The van der Waals surface area contributed by atoms with E-state index >= 15 is 0 Å². The minimum atomic E-state index is -0.241. The van der Waals surface area contributed by atoms with E-state index < -0.39 is 0 Å².